The summed E-state index contributed by atoms with van der Waals surface area (Å²) in [6.07, 6.45) is 2.71. The molecule has 0 atom stereocenters. The van der Waals surface area contributed by atoms with Gasteiger partial charge in [0.1, 0.15) is 0 Å². The van der Waals surface area contributed by atoms with E-state index in [0.29, 0.717) is 32.4 Å². The average Bonchev–Trinajstić information content (AvgIpc) is 2.46. The van der Waals surface area contributed by atoms with Gasteiger partial charge in [0, 0.05) is 25.4 Å². The third-order valence-electron chi connectivity index (χ3n) is 4.12. The number of amides is 2. The maximum Gasteiger partial charge on any atom is 0.222 e. The van der Waals surface area contributed by atoms with Gasteiger partial charge in [-0.1, -0.05) is 24.3 Å². The maximum atomic E-state index is 12.2. The van der Waals surface area contributed by atoms with Gasteiger partial charge >= 0.3 is 0 Å². The highest BCUT2D eigenvalue weighted by Gasteiger charge is 2.25. The summed E-state index contributed by atoms with van der Waals surface area (Å²) in [5.41, 5.74) is 7.76. The Balaban J connectivity index is 1.82. The van der Waals surface area contributed by atoms with Crippen molar-refractivity contribution in [2.45, 2.75) is 32.6 Å². The Morgan fingerprint density at radius 2 is 1.90 bits per heavy atom. The van der Waals surface area contributed by atoms with Gasteiger partial charge < -0.3 is 10.6 Å². The molecule has 0 aromatic heterocycles. The van der Waals surface area contributed by atoms with Crippen molar-refractivity contribution in [1.82, 2.24) is 4.90 Å². The molecule has 1 aromatic carbocycles. The number of carbonyl (C=O) groups is 2. The van der Waals surface area contributed by atoms with Crippen LogP contribution < -0.4 is 5.73 Å². The lowest BCUT2D eigenvalue weighted by Gasteiger charge is -2.30. The van der Waals surface area contributed by atoms with Crippen LogP contribution in [0.2, 0.25) is 0 Å². The predicted molar refractivity (Wildman–Crippen MR) is 78.0 cm³/mol. The van der Waals surface area contributed by atoms with E-state index < -0.39 is 0 Å². The van der Waals surface area contributed by atoms with Crippen molar-refractivity contribution >= 4 is 11.8 Å². The molecule has 20 heavy (non-hydrogen) atoms. The smallest absolute Gasteiger partial charge is 0.222 e. The molecule has 1 heterocycles. The largest absolute Gasteiger partial charge is 0.369 e. The number of primary amides is 1. The summed E-state index contributed by atoms with van der Waals surface area (Å²) < 4.78 is 0. The van der Waals surface area contributed by atoms with Crippen molar-refractivity contribution < 1.29 is 9.59 Å². The first-order chi connectivity index (χ1) is 9.58. The first-order valence-electron chi connectivity index (χ1n) is 7.19. The molecule has 108 valence electrons. The van der Waals surface area contributed by atoms with Crippen molar-refractivity contribution in [1.29, 1.82) is 0 Å². The molecule has 0 radical (unpaired) electrons. The summed E-state index contributed by atoms with van der Waals surface area (Å²) in [5, 5.41) is 0. The Hall–Kier alpha value is -1.84. The van der Waals surface area contributed by atoms with Crippen LogP contribution in [0, 0.1) is 12.8 Å². The highest BCUT2D eigenvalue weighted by molar-refractivity contribution is 5.79. The lowest BCUT2D eigenvalue weighted by molar-refractivity contribution is -0.134. The highest BCUT2D eigenvalue weighted by atomic mass is 16.2. The topological polar surface area (TPSA) is 63.4 Å². The van der Waals surface area contributed by atoms with E-state index in [1.54, 1.807) is 0 Å². The number of nitrogens with zero attached hydrogens (tertiary/aromatic N) is 1. The SMILES string of the molecule is Cc1ccccc1CCC(=O)N1CCC(C(N)=O)CC1. The number of nitrogens with two attached hydrogens (primary N) is 1. The minimum atomic E-state index is -0.239. The number of hydrogen-bond acceptors (Lipinski definition) is 2. The van der Waals surface area contributed by atoms with Gasteiger partial charge in [-0.2, -0.15) is 0 Å². The van der Waals surface area contributed by atoms with Gasteiger partial charge in [-0.05, 0) is 37.3 Å². The minimum absolute atomic E-state index is 0.0598. The Morgan fingerprint density at radius 3 is 2.50 bits per heavy atom. The molecular weight excluding hydrogens is 252 g/mol. The van der Waals surface area contributed by atoms with E-state index in [1.165, 1.54) is 11.1 Å². The molecule has 1 fully saturated rings. The van der Waals surface area contributed by atoms with E-state index in [-0.39, 0.29) is 17.7 Å². The quantitative estimate of drug-likeness (QED) is 0.907. The molecular formula is C16H22N2O2. The Kier molecular flexibility index (Phi) is 4.77. The molecule has 0 aliphatic carbocycles. The van der Waals surface area contributed by atoms with E-state index >= 15 is 0 Å². The van der Waals surface area contributed by atoms with Gasteiger partial charge in [0.25, 0.3) is 0 Å². The molecule has 0 unspecified atom stereocenters. The number of aryl methyl sites for hydroxylation is 2. The molecule has 0 saturated carbocycles. The molecule has 1 aliphatic heterocycles. The van der Waals surface area contributed by atoms with Crippen LogP contribution in [-0.2, 0) is 16.0 Å². The van der Waals surface area contributed by atoms with Crippen molar-refractivity contribution in [2.24, 2.45) is 11.7 Å². The fourth-order valence-electron chi connectivity index (χ4n) is 2.70. The number of benzene rings is 1. The normalized spacial score (nSPS) is 16.1. The molecule has 1 aromatic rings. The Bertz CT molecular complexity index is 491. The van der Waals surface area contributed by atoms with Crippen molar-refractivity contribution in [3.63, 3.8) is 0 Å². The third-order valence-corrected chi connectivity index (χ3v) is 4.12. The maximum absolute atomic E-state index is 12.2. The number of likely N-dealkylation sites (tertiary alicyclic amines) is 1. The van der Waals surface area contributed by atoms with Crippen LogP contribution in [0.15, 0.2) is 24.3 Å². The van der Waals surface area contributed by atoms with Crippen molar-refractivity contribution in [3.8, 4) is 0 Å². The highest BCUT2D eigenvalue weighted by Crippen LogP contribution is 2.18. The van der Waals surface area contributed by atoms with E-state index in [2.05, 4.69) is 19.1 Å². The first kappa shape index (κ1) is 14.6. The minimum Gasteiger partial charge on any atom is -0.369 e. The number of hydrogen-bond donors (Lipinski definition) is 1. The lowest BCUT2D eigenvalue weighted by atomic mass is 9.96. The van der Waals surface area contributed by atoms with Gasteiger partial charge in [0.15, 0.2) is 0 Å². The van der Waals surface area contributed by atoms with Crippen LogP contribution in [-0.4, -0.2) is 29.8 Å². The summed E-state index contributed by atoms with van der Waals surface area (Å²) in [7, 11) is 0. The number of piperidine rings is 1. The zero-order valence-corrected chi connectivity index (χ0v) is 12.0. The Labute approximate surface area is 119 Å². The van der Waals surface area contributed by atoms with Crippen LogP contribution in [0.25, 0.3) is 0 Å². The summed E-state index contributed by atoms with van der Waals surface area (Å²) >= 11 is 0. The summed E-state index contributed by atoms with van der Waals surface area (Å²) in [5.74, 6) is -0.122. The average molecular weight is 274 g/mol. The van der Waals surface area contributed by atoms with Gasteiger partial charge in [0.05, 0.1) is 0 Å². The van der Waals surface area contributed by atoms with Crippen LogP contribution >= 0.6 is 0 Å². The molecule has 2 N–H and O–H groups in total. The number of rotatable bonds is 4. The molecule has 1 aliphatic rings. The molecule has 4 nitrogen and oxygen atoms in total. The van der Waals surface area contributed by atoms with Gasteiger partial charge in [-0.25, -0.2) is 0 Å². The standard InChI is InChI=1S/C16H22N2O2/c1-12-4-2-3-5-13(12)6-7-15(19)18-10-8-14(9-11-18)16(17)20/h2-5,14H,6-11H2,1H3,(H2,17,20). The molecule has 4 heteroatoms. The van der Waals surface area contributed by atoms with Gasteiger partial charge in [-0.3, -0.25) is 9.59 Å². The molecule has 0 bridgehead atoms. The fraction of sp³-hybridized carbons (Fsp3) is 0.500. The zero-order chi connectivity index (χ0) is 14.5. The first-order valence-corrected chi connectivity index (χ1v) is 7.19. The van der Waals surface area contributed by atoms with Crippen LogP contribution in [0.4, 0.5) is 0 Å². The van der Waals surface area contributed by atoms with Crippen LogP contribution in [0.1, 0.15) is 30.4 Å². The van der Waals surface area contributed by atoms with Crippen molar-refractivity contribution in [2.75, 3.05) is 13.1 Å². The van der Waals surface area contributed by atoms with Crippen LogP contribution in [0.5, 0.6) is 0 Å². The molecule has 0 spiro atoms. The fourth-order valence-corrected chi connectivity index (χ4v) is 2.70. The molecule has 1 saturated heterocycles. The van der Waals surface area contributed by atoms with E-state index in [9.17, 15) is 9.59 Å². The number of carbonyl (C=O) groups excluding carboxylic acids is 2. The summed E-state index contributed by atoms with van der Waals surface area (Å²) in [6.45, 7) is 3.37. The third kappa shape index (κ3) is 3.59. The summed E-state index contributed by atoms with van der Waals surface area (Å²) in [4.78, 5) is 25.1. The Morgan fingerprint density at radius 1 is 1.25 bits per heavy atom. The van der Waals surface area contributed by atoms with Gasteiger partial charge in [0.2, 0.25) is 11.8 Å². The second-order valence-corrected chi connectivity index (χ2v) is 5.48. The van der Waals surface area contributed by atoms with Crippen LogP contribution in [0.3, 0.4) is 0 Å². The lowest BCUT2D eigenvalue weighted by Crippen LogP contribution is -2.41. The second kappa shape index (κ2) is 6.55. The van der Waals surface area contributed by atoms with Gasteiger partial charge in [-0.15, -0.1) is 0 Å². The zero-order valence-electron chi connectivity index (χ0n) is 12.0. The molecule has 2 amide bonds. The van der Waals surface area contributed by atoms with E-state index in [1.807, 2.05) is 17.0 Å². The summed E-state index contributed by atoms with van der Waals surface area (Å²) in [6, 6.07) is 8.15. The van der Waals surface area contributed by atoms with Crippen molar-refractivity contribution in [3.05, 3.63) is 35.4 Å². The predicted octanol–water partition coefficient (Wildman–Crippen LogP) is 1.65. The second-order valence-electron chi connectivity index (χ2n) is 5.48. The van der Waals surface area contributed by atoms with E-state index in [0.717, 1.165) is 6.42 Å². The molecule has 2 rings (SSSR count). The monoisotopic (exact) mass is 274 g/mol. The van der Waals surface area contributed by atoms with E-state index in [4.69, 9.17) is 5.73 Å².